The summed E-state index contributed by atoms with van der Waals surface area (Å²) in [5, 5.41) is 28.8. The predicted octanol–water partition coefficient (Wildman–Crippen LogP) is 3.14. The highest BCUT2D eigenvalue weighted by Crippen LogP contribution is 2.28. The van der Waals surface area contributed by atoms with E-state index < -0.39 is 11.6 Å². The number of hydrogen-bond donors (Lipinski definition) is 1. The molecule has 160 valence electrons. The molecule has 1 N–H and O–H groups in total. The van der Waals surface area contributed by atoms with Crippen LogP contribution in [0, 0.1) is 11.6 Å². The van der Waals surface area contributed by atoms with Gasteiger partial charge >= 0.3 is 0 Å². The summed E-state index contributed by atoms with van der Waals surface area (Å²) < 4.78 is 33.3. The Morgan fingerprint density at radius 1 is 1.12 bits per heavy atom. The van der Waals surface area contributed by atoms with E-state index in [1.54, 1.807) is 55.4 Å². The van der Waals surface area contributed by atoms with Crippen molar-refractivity contribution in [3.63, 3.8) is 0 Å². The van der Waals surface area contributed by atoms with Gasteiger partial charge in [-0.15, -0.1) is 10.2 Å². The topological polar surface area (TPSA) is 106 Å². The molecule has 0 radical (unpaired) electrons. The lowest BCUT2D eigenvalue weighted by Crippen LogP contribution is -2.08. The van der Waals surface area contributed by atoms with E-state index in [0.717, 1.165) is 5.56 Å². The van der Waals surface area contributed by atoms with Gasteiger partial charge < -0.3 is 5.21 Å². The van der Waals surface area contributed by atoms with Crippen molar-refractivity contribution in [2.45, 2.75) is 13.3 Å². The second-order valence-corrected chi connectivity index (χ2v) is 7.31. The molecule has 0 aliphatic rings. The van der Waals surface area contributed by atoms with Crippen molar-refractivity contribution in [3.05, 3.63) is 71.6 Å². The molecule has 1 aromatic carbocycles. The molecule has 5 aromatic rings. The van der Waals surface area contributed by atoms with Crippen LogP contribution in [0.3, 0.4) is 0 Å². The number of hydrogen-bond acceptors (Lipinski definition) is 7. The Kier molecular flexibility index (Phi) is 4.58. The maximum atomic E-state index is 15.5. The van der Waals surface area contributed by atoms with Gasteiger partial charge in [-0.2, -0.15) is 14.7 Å². The minimum Gasteiger partial charge on any atom is -0.411 e. The number of benzene rings is 1. The first-order chi connectivity index (χ1) is 15.4. The first-order valence-corrected chi connectivity index (χ1v) is 9.60. The highest BCUT2D eigenvalue weighted by molar-refractivity contribution is 5.96. The lowest BCUT2D eigenvalue weighted by Gasteiger charge is -2.09. The molecule has 0 aliphatic carbocycles. The molecule has 0 amide bonds. The van der Waals surface area contributed by atoms with E-state index in [9.17, 15) is 4.39 Å². The molecule has 32 heavy (non-hydrogen) atoms. The number of fused-ring (bicyclic) bond motifs is 2. The van der Waals surface area contributed by atoms with E-state index in [4.69, 9.17) is 5.21 Å². The normalized spacial score (nSPS) is 12.2. The molecular weight excluding hydrogens is 418 g/mol. The van der Waals surface area contributed by atoms with Crippen molar-refractivity contribution in [1.29, 1.82) is 0 Å². The summed E-state index contributed by atoms with van der Waals surface area (Å²) in [5.74, 6) is -1.22. The van der Waals surface area contributed by atoms with E-state index in [0.29, 0.717) is 16.9 Å². The molecule has 0 atom stereocenters. The quantitative estimate of drug-likeness (QED) is 0.265. The van der Waals surface area contributed by atoms with Crippen LogP contribution in [0.25, 0.3) is 27.7 Å². The fourth-order valence-electron chi connectivity index (χ4n) is 3.48. The van der Waals surface area contributed by atoms with Gasteiger partial charge in [-0.25, -0.2) is 8.78 Å². The monoisotopic (exact) mass is 434 g/mol. The Labute approximate surface area is 179 Å². The molecule has 0 spiro atoms. The van der Waals surface area contributed by atoms with Gasteiger partial charge in [0, 0.05) is 54.0 Å². The lowest BCUT2D eigenvalue weighted by molar-refractivity contribution is 0.319. The van der Waals surface area contributed by atoms with Crippen LogP contribution in [0.2, 0.25) is 0 Å². The number of oxime groups is 1. The molecule has 0 bridgehead atoms. The van der Waals surface area contributed by atoms with Crippen molar-refractivity contribution in [1.82, 2.24) is 34.6 Å². The highest BCUT2D eigenvalue weighted by atomic mass is 19.1. The third kappa shape index (κ3) is 3.23. The molecule has 9 nitrogen and oxygen atoms in total. The summed E-state index contributed by atoms with van der Waals surface area (Å²) >= 11 is 0. The first kappa shape index (κ1) is 19.7. The van der Waals surface area contributed by atoms with Crippen LogP contribution < -0.4 is 0 Å². The fourth-order valence-corrected chi connectivity index (χ4v) is 3.48. The van der Waals surface area contributed by atoms with Crippen LogP contribution in [-0.2, 0) is 13.5 Å². The number of nitrogens with zero attached hydrogens (tertiary/aromatic N) is 8. The van der Waals surface area contributed by atoms with Gasteiger partial charge in [-0.3, -0.25) is 9.67 Å². The van der Waals surface area contributed by atoms with Crippen LogP contribution in [-0.4, -0.2) is 45.5 Å². The average Bonchev–Trinajstić information content (AvgIpc) is 3.41. The molecule has 4 heterocycles. The number of pyridine rings is 1. The Balaban J connectivity index is 1.61. The summed E-state index contributed by atoms with van der Waals surface area (Å²) in [4.78, 5) is 4.22. The molecule has 0 aliphatic heterocycles. The van der Waals surface area contributed by atoms with Gasteiger partial charge in [0.1, 0.15) is 23.0 Å². The van der Waals surface area contributed by atoms with E-state index in [2.05, 4.69) is 30.5 Å². The second kappa shape index (κ2) is 7.45. The Hall–Kier alpha value is -4.28. The number of halogens is 2. The molecule has 5 rings (SSSR count). The summed E-state index contributed by atoms with van der Waals surface area (Å²) in [7, 11) is 1.78. The van der Waals surface area contributed by atoms with Crippen molar-refractivity contribution in [2.75, 3.05) is 0 Å². The Morgan fingerprint density at radius 3 is 2.72 bits per heavy atom. The van der Waals surface area contributed by atoms with Gasteiger partial charge in [0.15, 0.2) is 11.5 Å². The van der Waals surface area contributed by atoms with Crippen molar-refractivity contribution < 1.29 is 14.0 Å². The average molecular weight is 434 g/mol. The van der Waals surface area contributed by atoms with Gasteiger partial charge in [0.05, 0.1) is 11.7 Å². The zero-order chi connectivity index (χ0) is 22.4. The molecule has 4 aromatic heterocycles. The number of aryl methyl sites for hydroxylation is 1. The smallest absolute Gasteiger partial charge is 0.177 e. The van der Waals surface area contributed by atoms with E-state index in [-0.39, 0.29) is 34.4 Å². The van der Waals surface area contributed by atoms with E-state index >= 15 is 4.39 Å². The van der Waals surface area contributed by atoms with E-state index in [1.165, 1.54) is 10.6 Å². The molecule has 11 heteroatoms. The van der Waals surface area contributed by atoms with Crippen molar-refractivity contribution >= 4 is 22.3 Å². The van der Waals surface area contributed by atoms with Crippen LogP contribution in [0.15, 0.2) is 48.0 Å². The fraction of sp³-hybridized carbons (Fsp3) is 0.143. The molecule has 0 saturated heterocycles. The highest BCUT2D eigenvalue weighted by Gasteiger charge is 2.19. The molecule has 0 fully saturated rings. The van der Waals surface area contributed by atoms with Crippen LogP contribution in [0.4, 0.5) is 8.78 Å². The van der Waals surface area contributed by atoms with Gasteiger partial charge in [-0.05, 0) is 25.1 Å². The van der Waals surface area contributed by atoms with Gasteiger partial charge in [0.2, 0.25) is 0 Å². The minimum absolute atomic E-state index is 0.170. The standard InChI is InChI=1S/C21H16F2N8O/c1-11(29-32)17-3-4-19-26-27-20(31(19)28-17)6-14-16(22)7-18-15(21(14)23)5-12(8-24-18)13-9-25-30(2)10-13/h3-5,7-10,32H,6H2,1-2H3/b29-11+. The maximum absolute atomic E-state index is 15.5. The second-order valence-electron chi connectivity index (χ2n) is 7.31. The molecule has 0 saturated carbocycles. The first-order valence-electron chi connectivity index (χ1n) is 9.60. The van der Waals surface area contributed by atoms with Gasteiger partial charge in [0.25, 0.3) is 0 Å². The zero-order valence-electron chi connectivity index (χ0n) is 17.0. The summed E-state index contributed by atoms with van der Waals surface area (Å²) in [5.41, 5.74) is 2.54. The van der Waals surface area contributed by atoms with Crippen LogP contribution >= 0.6 is 0 Å². The third-order valence-corrected chi connectivity index (χ3v) is 5.19. The summed E-state index contributed by atoms with van der Waals surface area (Å²) in [6.45, 7) is 1.58. The SMILES string of the molecule is C/C(=N\O)c1ccc2nnc(Cc3c(F)cc4ncc(-c5cnn(C)c5)cc4c3F)n2n1. The van der Waals surface area contributed by atoms with Crippen molar-refractivity contribution in [3.8, 4) is 11.1 Å². The minimum atomic E-state index is -0.738. The Bertz CT molecular complexity index is 1520. The molecule has 0 unspecified atom stereocenters. The summed E-state index contributed by atoms with van der Waals surface area (Å²) in [6.07, 6.45) is 4.81. The van der Waals surface area contributed by atoms with Gasteiger partial charge in [-0.1, -0.05) is 5.16 Å². The zero-order valence-corrected chi connectivity index (χ0v) is 17.0. The van der Waals surface area contributed by atoms with Crippen LogP contribution in [0.1, 0.15) is 24.0 Å². The maximum Gasteiger partial charge on any atom is 0.177 e. The number of aromatic nitrogens is 7. The third-order valence-electron chi connectivity index (χ3n) is 5.19. The molecular formula is C21H16F2N8O. The summed E-state index contributed by atoms with van der Waals surface area (Å²) in [6, 6.07) is 6.07. The number of rotatable bonds is 4. The largest absolute Gasteiger partial charge is 0.411 e. The van der Waals surface area contributed by atoms with E-state index in [1.807, 2.05) is 0 Å². The lowest BCUT2D eigenvalue weighted by atomic mass is 10.0. The Morgan fingerprint density at radius 2 is 1.97 bits per heavy atom. The van der Waals surface area contributed by atoms with Crippen molar-refractivity contribution in [2.24, 2.45) is 12.2 Å². The van der Waals surface area contributed by atoms with Crippen LogP contribution in [0.5, 0.6) is 0 Å². The predicted molar refractivity (Wildman–Crippen MR) is 111 cm³/mol.